The number of aromatic nitrogens is 3. The minimum atomic E-state index is 0.546. The van der Waals surface area contributed by atoms with E-state index in [-0.39, 0.29) is 0 Å². The quantitative estimate of drug-likeness (QED) is 0.702. The molecule has 0 bridgehead atoms. The van der Waals surface area contributed by atoms with E-state index in [9.17, 15) is 0 Å². The highest BCUT2D eigenvalue weighted by atomic mass is 15.1. The fourth-order valence-electron chi connectivity index (χ4n) is 2.22. The molecule has 2 heterocycles. The maximum absolute atomic E-state index is 4.46. The van der Waals surface area contributed by atoms with Gasteiger partial charge in [-0.1, -0.05) is 24.3 Å². The van der Waals surface area contributed by atoms with Crippen molar-refractivity contribution in [1.82, 2.24) is 15.0 Å². The van der Waals surface area contributed by atoms with E-state index in [1.54, 1.807) is 12.3 Å². The first-order chi connectivity index (χ1) is 10.8. The van der Waals surface area contributed by atoms with Crippen LogP contribution < -0.4 is 10.6 Å². The number of fused-ring (bicyclic) bond motifs is 1. The van der Waals surface area contributed by atoms with E-state index in [2.05, 4.69) is 32.2 Å². The lowest BCUT2D eigenvalue weighted by Crippen LogP contribution is -2.05. The van der Waals surface area contributed by atoms with Gasteiger partial charge in [-0.3, -0.25) is 4.98 Å². The SMILES string of the molecule is C=CCNc1cc(C)nc(Nc2cccc3cccnc23)n1. The molecule has 5 nitrogen and oxygen atoms in total. The zero-order valence-electron chi connectivity index (χ0n) is 12.4. The summed E-state index contributed by atoms with van der Waals surface area (Å²) in [5.74, 6) is 1.31. The van der Waals surface area contributed by atoms with Gasteiger partial charge in [0.2, 0.25) is 5.95 Å². The number of aryl methyl sites for hydroxylation is 1. The van der Waals surface area contributed by atoms with Crippen LogP contribution in [0.4, 0.5) is 17.5 Å². The molecule has 110 valence electrons. The topological polar surface area (TPSA) is 62.7 Å². The summed E-state index contributed by atoms with van der Waals surface area (Å²) >= 11 is 0. The largest absolute Gasteiger partial charge is 0.366 e. The van der Waals surface area contributed by atoms with Crippen molar-refractivity contribution in [3.8, 4) is 0 Å². The Morgan fingerprint density at radius 2 is 2.05 bits per heavy atom. The van der Waals surface area contributed by atoms with Gasteiger partial charge in [0.15, 0.2) is 0 Å². The Hall–Kier alpha value is -2.95. The molecule has 22 heavy (non-hydrogen) atoms. The van der Waals surface area contributed by atoms with Crippen LogP contribution >= 0.6 is 0 Å². The number of hydrogen-bond acceptors (Lipinski definition) is 5. The smallest absolute Gasteiger partial charge is 0.229 e. The molecule has 0 amide bonds. The molecule has 0 saturated heterocycles. The first kappa shape index (κ1) is 14.0. The minimum Gasteiger partial charge on any atom is -0.366 e. The highest BCUT2D eigenvalue weighted by molar-refractivity contribution is 5.91. The van der Waals surface area contributed by atoms with Crippen LogP contribution in [0.5, 0.6) is 0 Å². The van der Waals surface area contributed by atoms with Crippen LogP contribution in [-0.2, 0) is 0 Å². The summed E-state index contributed by atoms with van der Waals surface area (Å²) in [6.07, 6.45) is 3.57. The Balaban J connectivity index is 1.94. The van der Waals surface area contributed by atoms with Crippen LogP contribution in [0.3, 0.4) is 0 Å². The second kappa shape index (κ2) is 6.22. The molecule has 0 spiro atoms. The Kier molecular flexibility index (Phi) is 3.96. The molecule has 0 fully saturated rings. The Morgan fingerprint density at radius 1 is 1.18 bits per heavy atom. The van der Waals surface area contributed by atoms with E-state index in [4.69, 9.17) is 0 Å². The molecule has 1 aromatic carbocycles. The van der Waals surface area contributed by atoms with Gasteiger partial charge in [0.05, 0.1) is 11.2 Å². The van der Waals surface area contributed by atoms with Crippen molar-refractivity contribution in [2.75, 3.05) is 17.2 Å². The van der Waals surface area contributed by atoms with Crippen LogP contribution in [0.15, 0.2) is 55.3 Å². The number of hydrogen-bond donors (Lipinski definition) is 2. The Labute approximate surface area is 129 Å². The maximum atomic E-state index is 4.46. The average Bonchev–Trinajstić information content (AvgIpc) is 2.53. The molecular weight excluding hydrogens is 274 g/mol. The summed E-state index contributed by atoms with van der Waals surface area (Å²) in [4.78, 5) is 13.3. The maximum Gasteiger partial charge on any atom is 0.229 e. The molecule has 0 aliphatic rings. The van der Waals surface area contributed by atoms with Gasteiger partial charge < -0.3 is 10.6 Å². The van der Waals surface area contributed by atoms with Gasteiger partial charge in [-0.2, -0.15) is 4.98 Å². The molecular formula is C17H17N5. The normalized spacial score (nSPS) is 10.4. The number of nitrogens with one attached hydrogen (secondary N) is 2. The van der Waals surface area contributed by atoms with Gasteiger partial charge in [0, 0.05) is 29.9 Å². The molecule has 0 atom stereocenters. The third kappa shape index (κ3) is 3.03. The van der Waals surface area contributed by atoms with Gasteiger partial charge in [0.25, 0.3) is 0 Å². The van der Waals surface area contributed by atoms with Gasteiger partial charge >= 0.3 is 0 Å². The van der Waals surface area contributed by atoms with E-state index >= 15 is 0 Å². The molecule has 0 aliphatic carbocycles. The second-order valence-electron chi connectivity index (χ2n) is 4.89. The number of rotatable bonds is 5. The van der Waals surface area contributed by atoms with Crippen molar-refractivity contribution in [3.63, 3.8) is 0 Å². The fourth-order valence-corrected chi connectivity index (χ4v) is 2.22. The van der Waals surface area contributed by atoms with Crippen molar-refractivity contribution >= 4 is 28.4 Å². The molecule has 3 rings (SSSR count). The number of pyridine rings is 1. The predicted octanol–water partition coefficient (Wildman–Crippen LogP) is 3.67. The van der Waals surface area contributed by atoms with Gasteiger partial charge in [-0.05, 0) is 19.1 Å². The summed E-state index contributed by atoms with van der Waals surface area (Å²) < 4.78 is 0. The number of anilines is 3. The molecule has 2 aromatic heterocycles. The first-order valence-electron chi connectivity index (χ1n) is 7.07. The summed E-state index contributed by atoms with van der Waals surface area (Å²) in [5, 5.41) is 7.50. The number of benzene rings is 1. The zero-order chi connectivity index (χ0) is 15.4. The lowest BCUT2D eigenvalue weighted by Gasteiger charge is -2.10. The molecule has 2 N–H and O–H groups in total. The fraction of sp³-hybridized carbons (Fsp3) is 0.118. The van der Waals surface area contributed by atoms with Crippen LogP contribution in [0.2, 0.25) is 0 Å². The van der Waals surface area contributed by atoms with Gasteiger partial charge in [0.1, 0.15) is 5.82 Å². The van der Waals surface area contributed by atoms with E-state index < -0.39 is 0 Å². The van der Waals surface area contributed by atoms with Gasteiger partial charge in [-0.25, -0.2) is 4.98 Å². The zero-order valence-corrected chi connectivity index (χ0v) is 12.4. The van der Waals surface area contributed by atoms with Crippen molar-refractivity contribution in [3.05, 3.63) is 60.9 Å². The first-order valence-corrected chi connectivity index (χ1v) is 7.07. The van der Waals surface area contributed by atoms with E-state index in [1.165, 1.54) is 0 Å². The highest BCUT2D eigenvalue weighted by Crippen LogP contribution is 2.23. The molecule has 0 radical (unpaired) electrons. The van der Waals surface area contributed by atoms with E-state index in [0.717, 1.165) is 28.1 Å². The number of para-hydroxylation sites is 1. The summed E-state index contributed by atoms with van der Waals surface area (Å²) in [6, 6.07) is 11.8. The predicted molar refractivity (Wildman–Crippen MR) is 90.5 cm³/mol. The third-order valence-electron chi connectivity index (χ3n) is 3.16. The van der Waals surface area contributed by atoms with E-state index in [0.29, 0.717) is 12.5 Å². The third-order valence-corrected chi connectivity index (χ3v) is 3.16. The van der Waals surface area contributed by atoms with Crippen LogP contribution in [0, 0.1) is 6.92 Å². The van der Waals surface area contributed by atoms with Crippen LogP contribution in [0.25, 0.3) is 10.9 Å². The van der Waals surface area contributed by atoms with Crippen molar-refractivity contribution in [2.24, 2.45) is 0 Å². The Morgan fingerprint density at radius 3 is 2.91 bits per heavy atom. The van der Waals surface area contributed by atoms with Crippen molar-refractivity contribution < 1.29 is 0 Å². The van der Waals surface area contributed by atoms with Gasteiger partial charge in [-0.15, -0.1) is 6.58 Å². The summed E-state index contributed by atoms with van der Waals surface area (Å²) in [7, 11) is 0. The van der Waals surface area contributed by atoms with E-state index in [1.807, 2.05) is 43.3 Å². The van der Waals surface area contributed by atoms with Crippen molar-refractivity contribution in [2.45, 2.75) is 6.92 Å². The molecule has 5 heteroatoms. The standard InChI is InChI=1S/C17H17N5/c1-3-9-18-15-11-12(2)20-17(22-15)21-14-8-4-6-13-7-5-10-19-16(13)14/h3-8,10-11H,1,9H2,2H3,(H2,18,20,21,22). The molecule has 0 unspecified atom stereocenters. The molecule has 0 aliphatic heterocycles. The highest BCUT2D eigenvalue weighted by Gasteiger charge is 2.06. The summed E-state index contributed by atoms with van der Waals surface area (Å²) in [6.45, 7) is 6.29. The Bertz CT molecular complexity index is 808. The average molecular weight is 291 g/mol. The summed E-state index contributed by atoms with van der Waals surface area (Å²) in [5.41, 5.74) is 2.67. The molecule has 3 aromatic rings. The lowest BCUT2D eigenvalue weighted by molar-refractivity contribution is 1.09. The monoisotopic (exact) mass is 291 g/mol. The van der Waals surface area contributed by atoms with Crippen LogP contribution in [-0.4, -0.2) is 21.5 Å². The molecule has 0 saturated carbocycles. The minimum absolute atomic E-state index is 0.546. The lowest BCUT2D eigenvalue weighted by atomic mass is 10.2. The van der Waals surface area contributed by atoms with Crippen LogP contribution in [0.1, 0.15) is 5.69 Å². The second-order valence-corrected chi connectivity index (χ2v) is 4.89. The number of nitrogens with zero attached hydrogens (tertiary/aromatic N) is 3. The van der Waals surface area contributed by atoms with Crippen molar-refractivity contribution in [1.29, 1.82) is 0 Å².